The summed E-state index contributed by atoms with van der Waals surface area (Å²) in [5, 5.41) is 4.40. The lowest BCUT2D eigenvalue weighted by Gasteiger charge is -2.27. The molecular formula is C14H16N2O3. The van der Waals surface area contributed by atoms with Gasteiger partial charge >= 0.3 is 5.97 Å². The topological polar surface area (TPSA) is 63.4 Å². The molecule has 0 saturated carbocycles. The zero-order valence-electron chi connectivity index (χ0n) is 10.9. The quantitative estimate of drug-likeness (QED) is 0.639. The van der Waals surface area contributed by atoms with E-state index in [0.29, 0.717) is 6.42 Å². The van der Waals surface area contributed by atoms with Gasteiger partial charge in [-0.1, -0.05) is 18.2 Å². The monoisotopic (exact) mass is 260 g/mol. The maximum atomic E-state index is 11.8. The molecular weight excluding hydrogens is 244 g/mol. The highest BCUT2D eigenvalue weighted by Gasteiger charge is 2.32. The molecule has 2 heterocycles. The van der Waals surface area contributed by atoms with Crippen molar-refractivity contribution < 1.29 is 14.6 Å². The van der Waals surface area contributed by atoms with E-state index in [1.165, 1.54) is 18.1 Å². The average molecular weight is 260 g/mol. The first-order valence-corrected chi connectivity index (χ1v) is 6.30. The number of aromatic amines is 1. The van der Waals surface area contributed by atoms with Gasteiger partial charge in [0, 0.05) is 29.1 Å². The SMILES string of the molecule is COOC(=O)[C@@H]1Cc2c([nH]c3ccccc23)[C@H](C)N1. The number of nitrogens with one attached hydrogen (secondary N) is 2. The third-order valence-electron chi connectivity index (χ3n) is 3.59. The Bertz CT molecular complexity index is 620. The molecule has 2 N–H and O–H groups in total. The Kier molecular flexibility index (Phi) is 3.00. The van der Waals surface area contributed by atoms with Gasteiger partial charge in [-0.25, -0.2) is 4.79 Å². The number of hydrogen-bond acceptors (Lipinski definition) is 4. The first-order chi connectivity index (χ1) is 9.20. The highest BCUT2D eigenvalue weighted by atomic mass is 17.2. The molecule has 1 aromatic heterocycles. The molecule has 0 amide bonds. The maximum absolute atomic E-state index is 11.8. The van der Waals surface area contributed by atoms with Crippen molar-refractivity contribution in [3.05, 3.63) is 35.5 Å². The Balaban J connectivity index is 2.00. The minimum absolute atomic E-state index is 0.0746. The number of fused-ring (bicyclic) bond motifs is 3. The lowest BCUT2D eigenvalue weighted by atomic mass is 9.95. The Morgan fingerprint density at radius 1 is 1.37 bits per heavy atom. The van der Waals surface area contributed by atoms with Crippen LogP contribution in [-0.4, -0.2) is 24.1 Å². The minimum Gasteiger partial charge on any atom is -0.357 e. The van der Waals surface area contributed by atoms with Crippen LogP contribution >= 0.6 is 0 Å². The summed E-state index contributed by atoms with van der Waals surface area (Å²) in [7, 11) is 1.33. The number of carbonyl (C=O) groups excluding carboxylic acids is 1. The smallest absolute Gasteiger partial charge is 0.357 e. The van der Waals surface area contributed by atoms with Crippen LogP contribution in [0, 0.1) is 0 Å². The molecule has 0 saturated heterocycles. The lowest BCUT2D eigenvalue weighted by molar-refractivity contribution is -0.257. The van der Waals surface area contributed by atoms with Crippen LogP contribution in [0.2, 0.25) is 0 Å². The molecule has 100 valence electrons. The Morgan fingerprint density at radius 3 is 2.95 bits per heavy atom. The van der Waals surface area contributed by atoms with Crippen molar-refractivity contribution in [3.63, 3.8) is 0 Å². The van der Waals surface area contributed by atoms with Crippen molar-refractivity contribution >= 4 is 16.9 Å². The van der Waals surface area contributed by atoms with Crippen LogP contribution in [0.5, 0.6) is 0 Å². The molecule has 1 aromatic carbocycles. The van der Waals surface area contributed by atoms with Gasteiger partial charge in [0.25, 0.3) is 0 Å². The van der Waals surface area contributed by atoms with E-state index >= 15 is 0 Å². The number of para-hydroxylation sites is 1. The Labute approximate surface area is 110 Å². The summed E-state index contributed by atoms with van der Waals surface area (Å²) in [5.74, 6) is -0.384. The molecule has 1 aliphatic heterocycles. The Morgan fingerprint density at radius 2 is 2.16 bits per heavy atom. The van der Waals surface area contributed by atoms with Crippen LogP contribution in [0.1, 0.15) is 24.2 Å². The number of hydrogen-bond donors (Lipinski definition) is 2. The summed E-state index contributed by atoms with van der Waals surface area (Å²) in [5.41, 5.74) is 3.42. The number of benzene rings is 1. The van der Waals surface area contributed by atoms with Gasteiger partial charge < -0.3 is 4.98 Å². The second-order valence-electron chi connectivity index (χ2n) is 4.78. The van der Waals surface area contributed by atoms with E-state index in [0.717, 1.165) is 11.2 Å². The molecule has 3 rings (SSSR count). The Hall–Kier alpha value is -1.85. The summed E-state index contributed by atoms with van der Waals surface area (Å²) in [6.07, 6.45) is 0.603. The molecule has 0 spiro atoms. The van der Waals surface area contributed by atoms with E-state index in [4.69, 9.17) is 0 Å². The number of rotatable bonds is 2. The summed E-state index contributed by atoms with van der Waals surface area (Å²) in [6, 6.07) is 7.82. The van der Waals surface area contributed by atoms with Gasteiger partial charge in [-0.15, -0.1) is 0 Å². The second kappa shape index (κ2) is 4.68. The van der Waals surface area contributed by atoms with E-state index in [1.807, 2.05) is 25.1 Å². The molecule has 0 fully saturated rings. The third-order valence-corrected chi connectivity index (χ3v) is 3.59. The molecule has 0 radical (unpaired) electrons. The molecule has 5 nitrogen and oxygen atoms in total. The molecule has 1 aliphatic rings. The zero-order valence-corrected chi connectivity index (χ0v) is 10.9. The number of H-pyrrole nitrogens is 1. The van der Waals surface area contributed by atoms with Crippen LogP contribution in [0.3, 0.4) is 0 Å². The molecule has 19 heavy (non-hydrogen) atoms. The van der Waals surface area contributed by atoms with Gasteiger partial charge in [-0.3, -0.25) is 10.2 Å². The van der Waals surface area contributed by atoms with Gasteiger partial charge in [0.2, 0.25) is 0 Å². The summed E-state index contributed by atoms with van der Waals surface area (Å²) < 4.78 is 0. The molecule has 2 atom stereocenters. The van der Waals surface area contributed by atoms with Crippen LogP contribution < -0.4 is 5.32 Å². The fourth-order valence-corrected chi connectivity index (χ4v) is 2.75. The lowest BCUT2D eigenvalue weighted by Crippen LogP contribution is -2.44. The third kappa shape index (κ3) is 2.01. The predicted octanol–water partition coefficient (Wildman–Crippen LogP) is 1.85. The summed E-state index contributed by atoms with van der Waals surface area (Å²) in [6.45, 7) is 2.03. The van der Waals surface area contributed by atoms with Crippen LogP contribution in [0.4, 0.5) is 0 Å². The summed E-state index contributed by atoms with van der Waals surface area (Å²) >= 11 is 0. The van der Waals surface area contributed by atoms with E-state index in [9.17, 15) is 4.79 Å². The predicted molar refractivity (Wildman–Crippen MR) is 70.4 cm³/mol. The van der Waals surface area contributed by atoms with E-state index in [-0.39, 0.29) is 18.1 Å². The van der Waals surface area contributed by atoms with E-state index in [1.54, 1.807) is 0 Å². The van der Waals surface area contributed by atoms with Gasteiger partial charge in [0.1, 0.15) is 6.04 Å². The van der Waals surface area contributed by atoms with Crippen molar-refractivity contribution in [2.24, 2.45) is 0 Å². The first kappa shape index (κ1) is 12.2. The number of aromatic nitrogens is 1. The van der Waals surface area contributed by atoms with Crippen molar-refractivity contribution in [1.29, 1.82) is 0 Å². The molecule has 5 heteroatoms. The average Bonchev–Trinajstić information content (AvgIpc) is 2.78. The molecule has 2 aromatic rings. The van der Waals surface area contributed by atoms with Crippen LogP contribution in [0.25, 0.3) is 10.9 Å². The fraction of sp³-hybridized carbons (Fsp3) is 0.357. The molecule has 0 aliphatic carbocycles. The van der Waals surface area contributed by atoms with Gasteiger partial charge in [-0.05, 0) is 18.6 Å². The minimum atomic E-state index is -0.384. The van der Waals surface area contributed by atoms with E-state index < -0.39 is 0 Å². The van der Waals surface area contributed by atoms with Crippen molar-refractivity contribution in [2.75, 3.05) is 7.11 Å². The molecule has 0 unspecified atom stereocenters. The van der Waals surface area contributed by atoms with Crippen molar-refractivity contribution in [3.8, 4) is 0 Å². The van der Waals surface area contributed by atoms with Crippen molar-refractivity contribution in [1.82, 2.24) is 10.3 Å². The second-order valence-corrected chi connectivity index (χ2v) is 4.78. The zero-order chi connectivity index (χ0) is 13.4. The highest BCUT2D eigenvalue weighted by Crippen LogP contribution is 2.31. The van der Waals surface area contributed by atoms with Gasteiger partial charge in [0.15, 0.2) is 0 Å². The summed E-state index contributed by atoms with van der Waals surface area (Å²) in [4.78, 5) is 24.3. The number of carbonyl (C=O) groups is 1. The van der Waals surface area contributed by atoms with E-state index in [2.05, 4.69) is 26.1 Å². The van der Waals surface area contributed by atoms with Gasteiger partial charge in [-0.2, -0.15) is 4.89 Å². The largest absolute Gasteiger partial charge is 0.359 e. The fourth-order valence-electron chi connectivity index (χ4n) is 2.75. The normalized spacial score (nSPS) is 22.2. The molecule has 0 bridgehead atoms. The maximum Gasteiger partial charge on any atom is 0.359 e. The first-order valence-electron chi connectivity index (χ1n) is 6.30. The van der Waals surface area contributed by atoms with Crippen LogP contribution in [-0.2, 0) is 21.0 Å². The van der Waals surface area contributed by atoms with Gasteiger partial charge in [0.05, 0.1) is 7.11 Å². The van der Waals surface area contributed by atoms with Crippen molar-refractivity contribution in [2.45, 2.75) is 25.4 Å². The van der Waals surface area contributed by atoms with Crippen LogP contribution in [0.15, 0.2) is 24.3 Å². The highest BCUT2D eigenvalue weighted by molar-refractivity contribution is 5.86. The standard InChI is InChI=1S/C14H16N2O3/c1-8-13-10(7-12(15-8)14(17)19-18-2)9-5-3-4-6-11(9)16-13/h3-6,8,12,15-16H,7H2,1-2H3/t8-,12-/m0/s1.